The zero-order chi connectivity index (χ0) is 16.8. The lowest BCUT2D eigenvalue weighted by atomic mass is 10.1. The summed E-state index contributed by atoms with van der Waals surface area (Å²) < 4.78 is 0.900. The van der Waals surface area contributed by atoms with Gasteiger partial charge in [0.05, 0.1) is 5.69 Å². The van der Waals surface area contributed by atoms with Gasteiger partial charge in [-0.2, -0.15) is 0 Å². The van der Waals surface area contributed by atoms with E-state index >= 15 is 0 Å². The first-order valence-corrected chi connectivity index (χ1v) is 8.27. The second-order valence-electron chi connectivity index (χ2n) is 5.10. The summed E-state index contributed by atoms with van der Waals surface area (Å²) in [5, 5.41) is 5.92. The molecule has 2 aromatic rings. The number of carbonyl (C=O) groups is 1. The fraction of sp³-hybridized carbons (Fsp3) is 0.111. The third-order valence-corrected chi connectivity index (χ3v) is 4.16. The number of carbonyl (C=O) groups excluding carboxylic acids is 1. The van der Waals surface area contributed by atoms with Crippen LogP contribution in [0.4, 0.5) is 5.69 Å². The fourth-order valence-electron chi connectivity index (χ4n) is 1.92. The second-order valence-corrected chi connectivity index (χ2v) is 6.37. The number of hydrogen-bond acceptors (Lipinski definition) is 2. The molecule has 0 aliphatic heterocycles. The van der Waals surface area contributed by atoms with Crippen LogP contribution in [0, 0.1) is 13.8 Å². The summed E-state index contributed by atoms with van der Waals surface area (Å²) in [5.74, 6) is -0.272. The minimum atomic E-state index is -0.272. The number of rotatable bonds is 3. The van der Waals surface area contributed by atoms with E-state index in [1.807, 2.05) is 56.3 Å². The van der Waals surface area contributed by atoms with Gasteiger partial charge >= 0.3 is 0 Å². The Bertz CT molecular complexity index is 757. The fourth-order valence-corrected chi connectivity index (χ4v) is 2.69. The van der Waals surface area contributed by atoms with E-state index in [1.165, 1.54) is 11.6 Å². The van der Waals surface area contributed by atoms with Gasteiger partial charge < -0.3 is 5.32 Å². The lowest BCUT2D eigenvalue weighted by molar-refractivity contribution is -0.115. The third kappa shape index (κ3) is 5.30. The lowest BCUT2D eigenvalue weighted by Crippen LogP contribution is -2.32. The maximum absolute atomic E-state index is 11.9. The Morgan fingerprint density at radius 3 is 2.48 bits per heavy atom. The lowest BCUT2D eigenvalue weighted by Gasteiger charge is -2.12. The van der Waals surface area contributed by atoms with Crippen LogP contribution in [0.3, 0.4) is 0 Å². The quantitative estimate of drug-likeness (QED) is 0.596. The Morgan fingerprint density at radius 2 is 1.78 bits per heavy atom. The van der Waals surface area contributed by atoms with Crippen LogP contribution in [0.1, 0.15) is 16.7 Å². The van der Waals surface area contributed by atoms with Crippen molar-refractivity contribution in [3.05, 3.63) is 69.7 Å². The molecule has 2 N–H and O–H groups in total. The molecule has 0 bridgehead atoms. The number of hydrogen-bond donors (Lipinski definition) is 2. The topological polar surface area (TPSA) is 41.1 Å². The summed E-state index contributed by atoms with van der Waals surface area (Å²) in [6.45, 7) is 4.07. The molecule has 0 unspecified atom stereocenters. The van der Waals surface area contributed by atoms with Crippen LogP contribution in [0.2, 0.25) is 0 Å². The monoisotopic (exact) mass is 388 g/mol. The standard InChI is InChI=1S/C18H17BrN2OS/c1-12-10-15(19)16(11-13(12)2)20-18(23)21-17(22)9-8-14-6-4-3-5-7-14/h3-11H,1-2H3,(H2,20,21,22,23). The number of amides is 1. The highest BCUT2D eigenvalue weighted by Gasteiger charge is 2.06. The van der Waals surface area contributed by atoms with Gasteiger partial charge in [0.1, 0.15) is 0 Å². The van der Waals surface area contributed by atoms with Gasteiger partial charge in [0, 0.05) is 10.5 Å². The van der Waals surface area contributed by atoms with Crippen LogP contribution < -0.4 is 10.6 Å². The van der Waals surface area contributed by atoms with Crippen molar-refractivity contribution in [1.29, 1.82) is 0 Å². The molecule has 0 atom stereocenters. The smallest absolute Gasteiger partial charge is 0.250 e. The summed E-state index contributed by atoms with van der Waals surface area (Å²) in [4.78, 5) is 11.9. The van der Waals surface area contributed by atoms with E-state index in [9.17, 15) is 4.79 Å². The van der Waals surface area contributed by atoms with E-state index in [0.717, 1.165) is 21.3 Å². The molecule has 0 aliphatic rings. The zero-order valence-electron chi connectivity index (χ0n) is 12.9. The predicted octanol–water partition coefficient (Wildman–Crippen LogP) is 4.59. The minimum Gasteiger partial charge on any atom is -0.331 e. The number of nitrogens with one attached hydrogen (secondary N) is 2. The molecule has 0 heterocycles. The molecule has 23 heavy (non-hydrogen) atoms. The van der Waals surface area contributed by atoms with Crippen molar-refractivity contribution in [2.45, 2.75) is 13.8 Å². The van der Waals surface area contributed by atoms with Gasteiger partial charge in [-0.15, -0.1) is 0 Å². The Balaban J connectivity index is 1.96. The summed E-state index contributed by atoms with van der Waals surface area (Å²) in [5.41, 5.74) is 4.11. The third-order valence-electron chi connectivity index (χ3n) is 3.30. The van der Waals surface area contributed by atoms with Gasteiger partial charge in [0.25, 0.3) is 0 Å². The highest BCUT2D eigenvalue weighted by molar-refractivity contribution is 9.10. The van der Waals surface area contributed by atoms with E-state index in [-0.39, 0.29) is 11.0 Å². The number of benzene rings is 2. The first kappa shape index (κ1) is 17.4. The molecule has 3 nitrogen and oxygen atoms in total. The van der Waals surface area contributed by atoms with Crippen LogP contribution in [-0.4, -0.2) is 11.0 Å². The zero-order valence-corrected chi connectivity index (χ0v) is 15.3. The van der Waals surface area contributed by atoms with Gasteiger partial charge in [-0.25, -0.2) is 0 Å². The SMILES string of the molecule is Cc1cc(Br)c(NC(=S)NC(=O)C=Cc2ccccc2)cc1C. The molecule has 0 radical (unpaired) electrons. The molecular weight excluding hydrogens is 372 g/mol. The van der Waals surface area contributed by atoms with Gasteiger partial charge in [-0.3, -0.25) is 10.1 Å². The molecule has 0 saturated heterocycles. The molecule has 0 saturated carbocycles. The Labute approximate surface area is 149 Å². The van der Waals surface area contributed by atoms with E-state index in [2.05, 4.69) is 26.6 Å². The summed E-state index contributed by atoms with van der Waals surface area (Å²) >= 11 is 8.67. The Kier molecular flexibility index (Phi) is 6.07. The van der Waals surface area contributed by atoms with Crippen molar-refractivity contribution >= 4 is 50.9 Å². The van der Waals surface area contributed by atoms with Crippen molar-refractivity contribution < 1.29 is 4.79 Å². The average Bonchev–Trinajstić information content (AvgIpc) is 2.51. The molecular formula is C18H17BrN2OS. The normalized spacial score (nSPS) is 10.6. The highest BCUT2D eigenvalue weighted by Crippen LogP contribution is 2.25. The first-order chi connectivity index (χ1) is 11.0. The van der Waals surface area contributed by atoms with E-state index in [1.54, 1.807) is 6.08 Å². The van der Waals surface area contributed by atoms with Gasteiger partial charge in [0.2, 0.25) is 5.91 Å². The second kappa shape index (κ2) is 8.04. The first-order valence-electron chi connectivity index (χ1n) is 7.07. The van der Waals surface area contributed by atoms with Crippen LogP contribution >= 0.6 is 28.1 Å². The maximum atomic E-state index is 11.9. The molecule has 2 aromatic carbocycles. The predicted molar refractivity (Wildman–Crippen MR) is 103 cm³/mol. The molecule has 0 spiro atoms. The summed E-state index contributed by atoms with van der Waals surface area (Å²) in [6.07, 6.45) is 3.20. The van der Waals surface area contributed by atoms with E-state index in [0.29, 0.717) is 0 Å². The van der Waals surface area contributed by atoms with Crippen molar-refractivity contribution in [3.8, 4) is 0 Å². The van der Waals surface area contributed by atoms with Gasteiger partial charge in [0.15, 0.2) is 5.11 Å². The number of halogens is 1. The van der Waals surface area contributed by atoms with Gasteiger partial charge in [-0.1, -0.05) is 30.3 Å². The van der Waals surface area contributed by atoms with Gasteiger partial charge in [-0.05, 0) is 76.9 Å². The molecule has 0 aliphatic carbocycles. The molecule has 118 valence electrons. The van der Waals surface area contributed by atoms with Crippen molar-refractivity contribution in [2.24, 2.45) is 0 Å². The number of thiocarbonyl (C=S) groups is 1. The van der Waals surface area contributed by atoms with Crippen LogP contribution in [-0.2, 0) is 4.79 Å². The molecule has 2 rings (SSSR count). The number of anilines is 1. The minimum absolute atomic E-state index is 0.261. The largest absolute Gasteiger partial charge is 0.331 e. The van der Waals surface area contributed by atoms with Crippen molar-refractivity contribution in [2.75, 3.05) is 5.32 Å². The van der Waals surface area contributed by atoms with Crippen LogP contribution in [0.25, 0.3) is 6.08 Å². The maximum Gasteiger partial charge on any atom is 0.250 e. The van der Waals surface area contributed by atoms with Crippen LogP contribution in [0.5, 0.6) is 0 Å². The van der Waals surface area contributed by atoms with E-state index < -0.39 is 0 Å². The van der Waals surface area contributed by atoms with Crippen molar-refractivity contribution in [3.63, 3.8) is 0 Å². The van der Waals surface area contributed by atoms with Crippen LogP contribution in [0.15, 0.2) is 53.0 Å². The molecule has 0 fully saturated rings. The molecule has 0 aromatic heterocycles. The summed E-state index contributed by atoms with van der Waals surface area (Å²) in [7, 11) is 0. The highest BCUT2D eigenvalue weighted by atomic mass is 79.9. The van der Waals surface area contributed by atoms with Crippen molar-refractivity contribution in [1.82, 2.24) is 5.32 Å². The molecule has 5 heteroatoms. The average molecular weight is 389 g/mol. The van der Waals surface area contributed by atoms with E-state index in [4.69, 9.17) is 12.2 Å². The Hall–Kier alpha value is -1.98. The summed E-state index contributed by atoms with van der Waals surface area (Å²) in [6, 6.07) is 13.6. The Morgan fingerprint density at radius 1 is 1.13 bits per heavy atom. The number of aryl methyl sites for hydroxylation is 2. The molecule has 1 amide bonds.